The minimum Gasteiger partial charge on any atom is -0.309 e. The summed E-state index contributed by atoms with van der Waals surface area (Å²) in [7, 11) is 0. The molecule has 0 N–H and O–H groups in total. The molecule has 0 saturated heterocycles. The SMILES string of the molecule is C/C(=C\CCCc1ccccc1C/C=C/C1=CC=CC=CC1)c1ccc(-n2c3ccccc3c3ccc4c(c32)C(C)(c2ccccc2)c2ccccc2-4)cc1. The van der Waals surface area contributed by atoms with Gasteiger partial charge in [0.25, 0.3) is 0 Å². The Morgan fingerprint density at radius 1 is 0.691 bits per heavy atom. The van der Waals surface area contributed by atoms with Crippen LogP contribution in [0.5, 0.6) is 0 Å². The molecular formula is C54H47N. The fourth-order valence-electron chi connectivity index (χ4n) is 9.07. The molecule has 6 aromatic carbocycles. The molecule has 268 valence electrons. The molecule has 0 radical (unpaired) electrons. The second-order valence-electron chi connectivity index (χ2n) is 15.2. The van der Waals surface area contributed by atoms with E-state index in [2.05, 4.69) is 207 Å². The summed E-state index contributed by atoms with van der Waals surface area (Å²) < 4.78 is 2.52. The Hall–Kier alpha value is -6.18. The fraction of sp³-hybridized carbons (Fsp3) is 0.148. The average Bonchev–Trinajstić information content (AvgIpc) is 3.55. The third-order valence-corrected chi connectivity index (χ3v) is 11.9. The molecular weight excluding hydrogens is 663 g/mol. The van der Waals surface area contributed by atoms with Crippen LogP contribution in [0.2, 0.25) is 0 Å². The Morgan fingerprint density at radius 2 is 1.45 bits per heavy atom. The molecule has 1 atom stereocenters. The molecule has 55 heavy (non-hydrogen) atoms. The highest BCUT2D eigenvalue weighted by atomic mass is 15.0. The molecule has 1 nitrogen and oxygen atoms in total. The van der Waals surface area contributed by atoms with Gasteiger partial charge in [-0.2, -0.15) is 0 Å². The van der Waals surface area contributed by atoms with E-state index >= 15 is 0 Å². The first kappa shape index (κ1) is 34.6. The number of aromatic nitrogens is 1. The number of para-hydroxylation sites is 1. The number of hydrogen-bond acceptors (Lipinski definition) is 0. The van der Waals surface area contributed by atoms with Crippen LogP contribution in [-0.2, 0) is 18.3 Å². The molecule has 0 bridgehead atoms. The van der Waals surface area contributed by atoms with Gasteiger partial charge in [-0.15, -0.1) is 0 Å². The molecule has 2 aliphatic rings. The second kappa shape index (κ2) is 14.9. The number of nitrogens with zero attached hydrogens (tertiary/aromatic N) is 1. The third kappa shape index (κ3) is 6.34. The highest BCUT2D eigenvalue weighted by molar-refractivity contribution is 6.13. The van der Waals surface area contributed by atoms with Gasteiger partial charge in [0.05, 0.1) is 11.0 Å². The lowest BCUT2D eigenvalue weighted by Gasteiger charge is -2.29. The average molecular weight is 710 g/mol. The quantitative estimate of drug-likeness (QED) is 0.125. The van der Waals surface area contributed by atoms with Crippen molar-refractivity contribution in [3.63, 3.8) is 0 Å². The summed E-state index contributed by atoms with van der Waals surface area (Å²) in [6.45, 7) is 4.69. The van der Waals surface area contributed by atoms with Crippen LogP contribution < -0.4 is 0 Å². The van der Waals surface area contributed by atoms with E-state index < -0.39 is 0 Å². The first-order valence-corrected chi connectivity index (χ1v) is 19.9. The lowest BCUT2D eigenvalue weighted by Crippen LogP contribution is -2.23. The smallest absolute Gasteiger partial charge is 0.0591 e. The number of benzene rings is 6. The van der Waals surface area contributed by atoms with E-state index in [4.69, 9.17) is 0 Å². The maximum absolute atomic E-state index is 2.52. The van der Waals surface area contributed by atoms with Crippen molar-refractivity contribution in [2.24, 2.45) is 0 Å². The van der Waals surface area contributed by atoms with Crippen LogP contribution in [0.25, 0.3) is 44.2 Å². The molecule has 1 aromatic heterocycles. The van der Waals surface area contributed by atoms with Gasteiger partial charge in [-0.1, -0.05) is 170 Å². The molecule has 0 fully saturated rings. The summed E-state index contributed by atoms with van der Waals surface area (Å²) in [6, 6.07) is 51.9. The number of rotatable bonds is 10. The zero-order valence-electron chi connectivity index (χ0n) is 31.9. The Labute approximate surface area is 326 Å². The van der Waals surface area contributed by atoms with E-state index in [-0.39, 0.29) is 5.41 Å². The van der Waals surface area contributed by atoms with Gasteiger partial charge in [0.15, 0.2) is 0 Å². The number of allylic oxidation sites excluding steroid dienone is 10. The largest absolute Gasteiger partial charge is 0.309 e. The molecule has 9 rings (SSSR count). The molecule has 1 heterocycles. The van der Waals surface area contributed by atoms with Crippen molar-refractivity contribution in [1.82, 2.24) is 4.57 Å². The number of aryl methyl sites for hydroxylation is 1. The molecule has 0 aliphatic heterocycles. The highest BCUT2D eigenvalue weighted by Gasteiger charge is 2.43. The summed E-state index contributed by atoms with van der Waals surface area (Å²) >= 11 is 0. The lowest BCUT2D eigenvalue weighted by molar-refractivity contribution is 0.717. The molecule has 7 aromatic rings. The minimum absolute atomic E-state index is 0.294. The number of unbranched alkanes of at least 4 members (excludes halogenated alkanes) is 1. The lowest BCUT2D eigenvalue weighted by atomic mass is 9.73. The van der Waals surface area contributed by atoms with Crippen molar-refractivity contribution < 1.29 is 0 Å². The Balaban J connectivity index is 0.995. The van der Waals surface area contributed by atoms with Gasteiger partial charge in [-0.05, 0) is 120 Å². The molecule has 1 heteroatoms. The van der Waals surface area contributed by atoms with Crippen molar-refractivity contribution in [3.8, 4) is 16.8 Å². The summed E-state index contributed by atoms with van der Waals surface area (Å²) in [5.41, 5.74) is 17.0. The molecule has 0 amide bonds. The van der Waals surface area contributed by atoms with Gasteiger partial charge in [0.1, 0.15) is 0 Å². The number of fused-ring (bicyclic) bond motifs is 7. The van der Waals surface area contributed by atoms with Gasteiger partial charge in [0, 0.05) is 21.9 Å². The van der Waals surface area contributed by atoms with Crippen molar-refractivity contribution >= 4 is 27.4 Å². The number of hydrogen-bond donors (Lipinski definition) is 0. The van der Waals surface area contributed by atoms with E-state index in [0.29, 0.717) is 0 Å². The Kier molecular flexibility index (Phi) is 9.38. The van der Waals surface area contributed by atoms with Crippen molar-refractivity contribution in [1.29, 1.82) is 0 Å². The van der Waals surface area contributed by atoms with Crippen LogP contribution in [0.4, 0.5) is 0 Å². The molecule has 2 aliphatic carbocycles. The molecule has 1 unspecified atom stereocenters. The molecule has 0 spiro atoms. The summed E-state index contributed by atoms with van der Waals surface area (Å²) in [5.74, 6) is 0. The van der Waals surface area contributed by atoms with Crippen LogP contribution in [-0.4, -0.2) is 4.57 Å². The normalized spacial score (nSPS) is 16.5. The monoisotopic (exact) mass is 709 g/mol. The summed E-state index contributed by atoms with van der Waals surface area (Å²) in [6.07, 6.45) is 23.0. The first-order chi connectivity index (χ1) is 27.1. The van der Waals surface area contributed by atoms with Crippen LogP contribution in [0, 0.1) is 0 Å². The van der Waals surface area contributed by atoms with E-state index in [0.717, 1.165) is 32.1 Å². The zero-order chi connectivity index (χ0) is 37.2. The van der Waals surface area contributed by atoms with E-state index in [1.807, 2.05) is 0 Å². The first-order valence-electron chi connectivity index (χ1n) is 19.9. The van der Waals surface area contributed by atoms with Gasteiger partial charge in [0.2, 0.25) is 0 Å². The van der Waals surface area contributed by atoms with E-state index in [1.54, 1.807) is 0 Å². The topological polar surface area (TPSA) is 4.93 Å². The van der Waals surface area contributed by atoms with Gasteiger partial charge in [-0.25, -0.2) is 0 Å². The predicted octanol–water partition coefficient (Wildman–Crippen LogP) is 14.1. The van der Waals surface area contributed by atoms with E-state index in [1.165, 1.54) is 83.1 Å². The minimum atomic E-state index is -0.294. The Morgan fingerprint density at radius 3 is 2.33 bits per heavy atom. The highest BCUT2D eigenvalue weighted by Crippen LogP contribution is 2.55. The van der Waals surface area contributed by atoms with Crippen molar-refractivity contribution in [2.45, 2.75) is 51.4 Å². The predicted molar refractivity (Wildman–Crippen MR) is 235 cm³/mol. The van der Waals surface area contributed by atoms with Crippen LogP contribution in [0.3, 0.4) is 0 Å². The van der Waals surface area contributed by atoms with Gasteiger partial charge in [-0.3, -0.25) is 0 Å². The van der Waals surface area contributed by atoms with Crippen molar-refractivity contribution in [3.05, 3.63) is 227 Å². The maximum Gasteiger partial charge on any atom is 0.0591 e. The Bertz CT molecular complexity index is 2670. The zero-order valence-corrected chi connectivity index (χ0v) is 31.9. The maximum atomic E-state index is 2.52. The summed E-state index contributed by atoms with van der Waals surface area (Å²) in [4.78, 5) is 0. The van der Waals surface area contributed by atoms with Gasteiger partial charge >= 0.3 is 0 Å². The van der Waals surface area contributed by atoms with Crippen molar-refractivity contribution in [2.75, 3.05) is 0 Å². The fourth-order valence-corrected chi connectivity index (χ4v) is 9.07. The van der Waals surface area contributed by atoms with Crippen LogP contribution in [0.1, 0.15) is 66.5 Å². The second-order valence-corrected chi connectivity index (χ2v) is 15.2. The van der Waals surface area contributed by atoms with Crippen LogP contribution >= 0.6 is 0 Å². The van der Waals surface area contributed by atoms with E-state index in [9.17, 15) is 0 Å². The summed E-state index contributed by atoms with van der Waals surface area (Å²) in [5, 5.41) is 2.59. The third-order valence-electron chi connectivity index (χ3n) is 11.9. The van der Waals surface area contributed by atoms with Gasteiger partial charge < -0.3 is 4.57 Å². The standard InChI is InChI=1S/C54H47N/c1-39(19-10-11-23-42-24-12-13-25-43(42)26-18-22-40-20-6-3-4-7-21-40)41-33-35-45(36-34-41)55-51-32-17-15-30-47(51)49-38-37-48-46-29-14-16-31-50(46)54(2,52(48)53(49)55)44-27-8-5-9-28-44/h3-9,12-20,22,24-25,27-38H,10-11,21,23,26H2,1-2H3/b22-18+,39-19+. The van der Waals surface area contributed by atoms with Crippen LogP contribution in [0.15, 0.2) is 194 Å². The molecule has 0 saturated carbocycles.